The number of fused-ring (bicyclic) bond motifs is 1. The molecule has 0 aliphatic rings. The summed E-state index contributed by atoms with van der Waals surface area (Å²) in [6.07, 6.45) is 0. The SMILES string of the molecule is NCC(=O)c1ccc2oc(C(=O)O)cc2c1. The average Bonchev–Trinajstić information content (AvgIpc) is 2.70. The second-order valence-electron chi connectivity index (χ2n) is 3.30. The molecule has 5 nitrogen and oxygen atoms in total. The van der Waals surface area contributed by atoms with Gasteiger partial charge in [0.1, 0.15) is 5.58 Å². The highest BCUT2D eigenvalue weighted by atomic mass is 16.4. The zero-order chi connectivity index (χ0) is 11.7. The van der Waals surface area contributed by atoms with E-state index < -0.39 is 5.97 Å². The van der Waals surface area contributed by atoms with Gasteiger partial charge in [0.2, 0.25) is 5.76 Å². The van der Waals surface area contributed by atoms with Crippen molar-refractivity contribution in [3.8, 4) is 0 Å². The molecule has 1 aromatic carbocycles. The van der Waals surface area contributed by atoms with Gasteiger partial charge in [-0.25, -0.2) is 4.79 Å². The molecule has 0 saturated carbocycles. The van der Waals surface area contributed by atoms with Crippen LogP contribution < -0.4 is 5.73 Å². The van der Waals surface area contributed by atoms with E-state index in [1.54, 1.807) is 18.2 Å². The molecule has 2 aromatic rings. The minimum Gasteiger partial charge on any atom is -0.475 e. The van der Waals surface area contributed by atoms with Crippen LogP contribution in [0.5, 0.6) is 0 Å². The lowest BCUT2D eigenvalue weighted by atomic mass is 10.1. The molecule has 0 aliphatic carbocycles. The van der Waals surface area contributed by atoms with Gasteiger partial charge in [-0.15, -0.1) is 0 Å². The Morgan fingerprint density at radius 1 is 1.31 bits per heavy atom. The number of rotatable bonds is 3. The molecule has 82 valence electrons. The summed E-state index contributed by atoms with van der Waals surface area (Å²) in [5.74, 6) is -1.48. The Morgan fingerprint density at radius 2 is 2.06 bits per heavy atom. The van der Waals surface area contributed by atoms with Crippen LogP contribution in [0.1, 0.15) is 20.9 Å². The highest BCUT2D eigenvalue weighted by Crippen LogP contribution is 2.20. The molecular formula is C11H9NO4. The lowest BCUT2D eigenvalue weighted by molar-refractivity contribution is 0.0665. The number of carbonyl (C=O) groups excluding carboxylic acids is 1. The highest BCUT2D eigenvalue weighted by Gasteiger charge is 2.12. The zero-order valence-corrected chi connectivity index (χ0v) is 8.27. The van der Waals surface area contributed by atoms with Crippen LogP contribution in [0.2, 0.25) is 0 Å². The van der Waals surface area contributed by atoms with Gasteiger partial charge in [0.15, 0.2) is 5.78 Å². The average molecular weight is 219 g/mol. The van der Waals surface area contributed by atoms with Crippen molar-refractivity contribution >= 4 is 22.7 Å². The fourth-order valence-corrected chi connectivity index (χ4v) is 1.44. The summed E-state index contributed by atoms with van der Waals surface area (Å²) < 4.78 is 5.06. The summed E-state index contributed by atoms with van der Waals surface area (Å²) in [5, 5.41) is 9.31. The molecule has 0 spiro atoms. The Labute approximate surface area is 90.5 Å². The van der Waals surface area contributed by atoms with Crippen LogP contribution in [-0.4, -0.2) is 23.4 Å². The molecule has 16 heavy (non-hydrogen) atoms. The van der Waals surface area contributed by atoms with Gasteiger partial charge in [-0.1, -0.05) is 0 Å². The van der Waals surface area contributed by atoms with Crippen LogP contribution in [-0.2, 0) is 0 Å². The molecule has 0 unspecified atom stereocenters. The summed E-state index contributed by atoms with van der Waals surface area (Å²) in [6, 6.07) is 6.07. The van der Waals surface area contributed by atoms with Crippen molar-refractivity contribution in [2.75, 3.05) is 6.54 Å². The van der Waals surface area contributed by atoms with E-state index in [0.717, 1.165) is 0 Å². The first-order valence-electron chi connectivity index (χ1n) is 4.62. The minimum absolute atomic E-state index is 0.0743. The summed E-state index contributed by atoms with van der Waals surface area (Å²) in [4.78, 5) is 22.0. The number of carbonyl (C=O) groups is 2. The smallest absolute Gasteiger partial charge is 0.371 e. The van der Waals surface area contributed by atoms with E-state index in [2.05, 4.69) is 0 Å². The monoisotopic (exact) mass is 219 g/mol. The van der Waals surface area contributed by atoms with E-state index in [9.17, 15) is 9.59 Å². The molecule has 5 heteroatoms. The number of ketones is 1. The van der Waals surface area contributed by atoms with E-state index in [1.165, 1.54) is 6.07 Å². The van der Waals surface area contributed by atoms with E-state index in [-0.39, 0.29) is 18.1 Å². The summed E-state index contributed by atoms with van der Waals surface area (Å²) >= 11 is 0. The number of hydrogen-bond acceptors (Lipinski definition) is 4. The predicted octanol–water partition coefficient (Wildman–Crippen LogP) is 1.27. The number of furan rings is 1. The maximum absolute atomic E-state index is 11.3. The van der Waals surface area contributed by atoms with E-state index in [1.807, 2.05) is 0 Å². The predicted molar refractivity (Wildman–Crippen MR) is 56.6 cm³/mol. The third-order valence-electron chi connectivity index (χ3n) is 2.23. The Kier molecular flexibility index (Phi) is 2.46. The second kappa shape index (κ2) is 3.79. The van der Waals surface area contributed by atoms with Gasteiger partial charge < -0.3 is 15.3 Å². The first kappa shape index (κ1) is 10.4. The number of carboxylic acid groups (broad SMARTS) is 1. The van der Waals surface area contributed by atoms with Crippen molar-refractivity contribution in [1.82, 2.24) is 0 Å². The molecule has 1 aromatic heterocycles. The van der Waals surface area contributed by atoms with E-state index >= 15 is 0 Å². The van der Waals surface area contributed by atoms with E-state index in [4.69, 9.17) is 15.3 Å². The largest absolute Gasteiger partial charge is 0.475 e. The molecular weight excluding hydrogens is 210 g/mol. The number of Topliss-reactive ketones (excluding diaryl/α,β-unsaturated/α-hetero) is 1. The van der Waals surface area contributed by atoms with Crippen molar-refractivity contribution in [2.24, 2.45) is 5.73 Å². The molecule has 0 bridgehead atoms. The van der Waals surface area contributed by atoms with Crippen LogP contribution >= 0.6 is 0 Å². The minimum atomic E-state index is -1.14. The molecule has 2 rings (SSSR count). The first-order valence-corrected chi connectivity index (χ1v) is 4.62. The number of benzene rings is 1. The van der Waals surface area contributed by atoms with Crippen LogP contribution in [0, 0.1) is 0 Å². The van der Waals surface area contributed by atoms with Gasteiger partial charge in [-0.3, -0.25) is 4.79 Å². The molecule has 0 saturated heterocycles. The molecule has 0 aliphatic heterocycles. The molecule has 0 radical (unpaired) electrons. The molecule has 3 N–H and O–H groups in total. The number of carboxylic acids is 1. The quantitative estimate of drug-likeness (QED) is 0.758. The maximum atomic E-state index is 11.3. The Balaban J connectivity index is 2.53. The van der Waals surface area contributed by atoms with Crippen molar-refractivity contribution in [1.29, 1.82) is 0 Å². The maximum Gasteiger partial charge on any atom is 0.371 e. The van der Waals surface area contributed by atoms with Gasteiger partial charge >= 0.3 is 5.97 Å². The topological polar surface area (TPSA) is 93.5 Å². The second-order valence-corrected chi connectivity index (χ2v) is 3.30. The lowest BCUT2D eigenvalue weighted by Crippen LogP contribution is -2.13. The fraction of sp³-hybridized carbons (Fsp3) is 0.0909. The molecule has 0 atom stereocenters. The Hall–Kier alpha value is -2.14. The normalized spacial score (nSPS) is 10.6. The zero-order valence-electron chi connectivity index (χ0n) is 8.27. The highest BCUT2D eigenvalue weighted by molar-refractivity contribution is 6.01. The number of hydrogen-bond donors (Lipinski definition) is 2. The molecule has 1 heterocycles. The standard InChI is InChI=1S/C11H9NO4/c12-5-8(13)6-1-2-9-7(3-6)4-10(16-9)11(14)15/h1-4H,5,12H2,(H,14,15). The Morgan fingerprint density at radius 3 is 2.69 bits per heavy atom. The van der Waals surface area contributed by atoms with Crippen molar-refractivity contribution in [2.45, 2.75) is 0 Å². The number of aromatic carboxylic acids is 1. The summed E-state index contributed by atoms with van der Waals surface area (Å²) in [5.41, 5.74) is 6.12. The summed E-state index contributed by atoms with van der Waals surface area (Å²) in [6.45, 7) is -0.0743. The van der Waals surface area contributed by atoms with Gasteiger partial charge in [-0.2, -0.15) is 0 Å². The fourth-order valence-electron chi connectivity index (χ4n) is 1.44. The van der Waals surface area contributed by atoms with Crippen molar-refractivity contribution in [3.63, 3.8) is 0 Å². The van der Waals surface area contributed by atoms with Crippen molar-refractivity contribution in [3.05, 3.63) is 35.6 Å². The third kappa shape index (κ3) is 1.68. The van der Waals surface area contributed by atoms with Gasteiger partial charge in [0.05, 0.1) is 6.54 Å². The Bertz CT molecular complexity index is 570. The van der Waals surface area contributed by atoms with Gasteiger partial charge in [0.25, 0.3) is 0 Å². The van der Waals surface area contributed by atoms with E-state index in [0.29, 0.717) is 16.5 Å². The van der Waals surface area contributed by atoms with Crippen LogP contribution in [0.4, 0.5) is 0 Å². The summed E-state index contributed by atoms with van der Waals surface area (Å²) in [7, 11) is 0. The number of nitrogens with two attached hydrogens (primary N) is 1. The third-order valence-corrected chi connectivity index (χ3v) is 2.23. The van der Waals surface area contributed by atoms with Crippen molar-refractivity contribution < 1.29 is 19.1 Å². The van der Waals surface area contributed by atoms with Gasteiger partial charge in [0, 0.05) is 10.9 Å². The molecule has 0 fully saturated rings. The van der Waals surface area contributed by atoms with Crippen LogP contribution in [0.15, 0.2) is 28.7 Å². The first-order chi connectivity index (χ1) is 7.61. The van der Waals surface area contributed by atoms with Crippen LogP contribution in [0.3, 0.4) is 0 Å². The lowest BCUT2D eigenvalue weighted by Gasteiger charge is -1.96. The van der Waals surface area contributed by atoms with Crippen LogP contribution in [0.25, 0.3) is 11.0 Å². The van der Waals surface area contributed by atoms with Gasteiger partial charge in [-0.05, 0) is 24.3 Å². The molecule has 0 amide bonds.